The Bertz CT molecular complexity index is 1600. The summed E-state index contributed by atoms with van der Waals surface area (Å²) in [5.41, 5.74) is 0. The summed E-state index contributed by atoms with van der Waals surface area (Å²) in [6.45, 7) is 4.30. The minimum Gasteiger partial charge on any atom is -0.466 e. The van der Waals surface area contributed by atoms with Crippen molar-refractivity contribution in [1.29, 1.82) is 0 Å². The van der Waals surface area contributed by atoms with Crippen LogP contribution in [0.5, 0.6) is 0 Å². The molecule has 1 heterocycles. The predicted octanol–water partition coefficient (Wildman–Crippen LogP) is 18.5. The Labute approximate surface area is 522 Å². The maximum Gasteiger partial charge on any atom is 0.305 e. The van der Waals surface area contributed by atoms with Gasteiger partial charge in [0.05, 0.1) is 32.0 Å². The quantitative estimate of drug-likeness (QED) is 0.0195. The molecule has 1 rings (SSSR count). The molecular weight excluding hydrogens is 1060 g/mol. The highest BCUT2D eigenvalue weighted by molar-refractivity contribution is 5.76. The highest BCUT2D eigenvalue weighted by Crippen LogP contribution is 2.23. The van der Waals surface area contributed by atoms with E-state index < -0.39 is 49.5 Å². The van der Waals surface area contributed by atoms with E-state index in [0.29, 0.717) is 19.4 Å². The van der Waals surface area contributed by atoms with Gasteiger partial charge in [0.1, 0.15) is 24.4 Å². The molecule has 7 unspecified atom stereocenters. The van der Waals surface area contributed by atoms with Gasteiger partial charge in [-0.3, -0.25) is 9.59 Å². The van der Waals surface area contributed by atoms with Crippen LogP contribution in [0.25, 0.3) is 0 Å². The zero-order valence-electron chi connectivity index (χ0n) is 55.1. The molecule has 11 nitrogen and oxygen atoms in total. The van der Waals surface area contributed by atoms with E-state index in [0.717, 1.165) is 77.0 Å². The number of allylic oxidation sites excluding steroid dienone is 9. The maximum absolute atomic E-state index is 13.0. The van der Waals surface area contributed by atoms with Crippen LogP contribution in [-0.4, -0.2) is 100 Å². The number of aliphatic hydroxyl groups excluding tert-OH is 5. The monoisotopic (exact) mass is 1200 g/mol. The number of ether oxygens (including phenoxy) is 3. The topological polar surface area (TPSA) is 175 Å². The molecular formula is C74H135NO10. The number of carbonyl (C=O) groups is 2. The third-order valence-electron chi connectivity index (χ3n) is 16.8. The summed E-state index contributed by atoms with van der Waals surface area (Å²) in [6, 6.07) is -0.834. The molecule has 0 radical (unpaired) electrons. The predicted molar refractivity (Wildman–Crippen MR) is 357 cm³/mol. The number of amides is 1. The first-order valence-electron chi connectivity index (χ1n) is 36.1. The number of aliphatic hydroxyl groups is 5. The Morgan fingerprint density at radius 2 is 0.812 bits per heavy atom. The molecule has 85 heavy (non-hydrogen) atoms. The van der Waals surface area contributed by atoms with Crippen molar-refractivity contribution in [3.05, 3.63) is 60.8 Å². The van der Waals surface area contributed by atoms with Crippen LogP contribution >= 0.6 is 0 Å². The van der Waals surface area contributed by atoms with Crippen molar-refractivity contribution >= 4 is 11.9 Å². The second-order valence-electron chi connectivity index (χ2n) is 24.9. The van der Waals surface area contributed by atoms with Crippen LogP contribution in [0.3, 0.4) is 0 Å². The Balaban J connectivity index is 1.96. The van der Waals surface area contributed by atoms with Gasteiger partial charge in [-0.1, -0.05) is 299 Å². The van der Waals surface area contributed by atoms with Crippen LogP contribution in [-0.2, 0) is 23.8 Å². The van der Waals surface area contributed by atoms with Crippen LogP contribution < -0.4 is 5.32 Å². The van der Waals surface area contributed by atoms with E-state index >= 15 is 0 Å². The maximum atomic E-state index is 13.0. The molecule has 0 aromatic heterocycles. The SMILES string of the molecule is CCCC/C=C/CC/C=C/CC/C=C/C(O)C(COC1OC(CO)C(O)C(O)C1O)NC(=O)CCCCCCCCCCCCCCCCCCC/C=C\C/C=C\CCCCCCCCCCCOC(=O)CCCCCCCCCCCCCC. The van der Waals surface area contributed by atoms with Crippen molar-refractivity contribution in [2.24, 2.45) is 0 Å². The van der Waals surface area contributed by atoms with Gasteiger partial charge in [-0.25, -0.2) is 0 Å². The highest BCUT2D eigenvalue weighted by Gasteiger charge is 2.44. The highest BCUT2D eigenvalue weighted by atomic mass is 16.7. The van der Waals surface area contributed by atoms with E-state index in [9.17, 15) is 35.1 Å². The zero-order chi connectivity index (χ0) is 61.6. The lowest BCUT2D eigenvalue weighted by molar-refractivity contribution is -0.302. The molecule has 0 aliphatic carbocycles. The summed E-state index contributed by atoms with van der Waals surface area (Å²) in [6.07, 6.45) is 73.7. The molecule has 0 aromatic rings. The number of unbranched alkanes of at least 4 members (excludes halogenated alkanes) is 41. The summed E-state index contributed by atoms with van der Waals surface area (Å²) in [5.74, 6) is -0.188. The fourth-order valence-electron chi connectivity index (χ4n) is 11.1. The number of rotatable bonds is 63. The van der Waals surface area contributed by atoms with Crippen LogP contribution in [0, 0.1) is 0 Å². The molecule has 1 saturated heterocycles. The number of nitrogens with one attached hydrogen (secondary N) is 1. The lowest BCUT2D eigenvalue weighted by Gasteiger charge is -2.40. The van der Waals surface area contributed by atoms with Crippen molar-refractivity contribution in [1.82, 2.24) is 5.32 Å². The third kappa shape index (κ3) is 51.9. The molecule has 1 fully saturated rings. The average Bonchev–Trinajstić information content (AvgIpc) is 3.30. The minimum absolute atomic E-state index is 0.00710. The number of hydrogen-bond donors (Lipinski definition) is 6. The van der Waals surface area contributed by atoms with Crippen LogP contribution in [0.15, 0.2) is 60.8 Å². The Hall–Kier alpha value is -2.64. The zero-order valence-corrected chi connectivity index (χ0v) is 55.1. The molecule has 0 spiro atoms. The molecule has 1 aliphatic rings. The van der Waals surface area contributed by atoms with E-state index in [1.165, 1.54) is 231 Å². The van der Waals surface area contributed by atoms with Crippen LogP contribution in [0.2, 0.25) is 0 Å². The summed E-state index contributed by atoms with van der Waals surface area (Å²) in [7, 11) is 0. The molecule has 1 amide bonds. The van der Waals surface area contributed by atoms with E-state index in [1.54, 1.807) is 6.08 Å². The van der Waals surface area contributed by atoms with Gasteiger partial charge in [0.2, 0.25) is 5.91 Å². The molecule has 0 bridgehead atoms. The van der Waals surface area contributed by atoms with Crippen LogP contribution in [0.4, 0.5) is 0 Å². The summed E-state index contributed by atoms with van der Waals surface area (Å²) in [4.78, 5) is 25.1. The van der Waals surface area contributed by atoms with Crippen molar-refractivity contribution in [3.8, 4) is 0 Å². The molecule has 0 aromatic carbocycles. The first-order chi connectivity index (χ1) is 41.7. The number of esters is 1. The molecule has 1 aliphatic heterocycles. The largest absolute Gasteiger partial charge is 0.466 e. The average molecular weight is 1200 g/mol. The van der Waals surface area contributed by atoms with Crippen molar-refractivity contribution in [3.63, 3.8) is 0 Å². The van der Waals surface area contributed by atoms with Gasteiger partial charge in [-0.15, -0.1) is 0 Å². The Kier molecular flexibility index (Phi) is 59.5. The van der Waals surface area contributed by atoms with Gasteiger partial charge in [-0.2, -0.15) is 0 Å². The third-order valence-corrected chi connectivity index (χ3v) is 16.8. The van der Waals surface area contributed by atoms with E-state index in [1.807, 2.05) is 6.08 Å². The van der Waals surface area contributed by atoms with E-state index in [-0.39, 0.29) is 18.5 Å². The molecule has 7 atom stereocenters. The normalized spacial score (nSPS) is 18.3. The Morgan fingerprint density at radius 1 is 0.435 bits per heavy atom. The summed E-state index contributed by atoms with van der Waals surface area (Å²) in [5, 5.41) is 54.4. The molecule has 11 heteroatoms. The lowest BCUT2D eigenvalue weighted by atomic mass is 9.99. The second kappa shape index (κ2) is 62.9. The van der Waals surface area contributed by atoms with Crippen molar-refractivity contribution in [2.75, 3.05) is 19.8 Å². The van der Waals surface area contributed by atoms with Gasteiger partial charge < -0.3 is 45.1 Å². The summed E-state index contributed by atoms with van der Waals surface area (Å²) >= 11 is 0. The first kappa shape index (κ1) is 80.4. The standard InChI is InChI=1S/C74H135NO10/c1-3-5-7-9-11-13-15-40-44-48-52-56-60-67(77)66(65-84-74-73(82)72(81)71(80)68(64-76)85-74)75-69(78)61-57-53-49-45-41-38-36-34-32-30-28-26-24-22-20-18-17-19-21-23-25-27-29-31-33-35-37-39-43-47-51-55-59-63-83-70(79)62-58-54-50-46-42-16-14-12-10-8-6-4-2/h9,11,21,23,27,29,40,44,56,60,66-68,71-74,76-77,80-82H,3-8,10,12-20,22,24-26,28,30-39,41-43,45-55,57-59,61-65H2,1-2H3,(H,75,78)/b11-9+,23-21-,29-27-,44-40+,60-56+. The van der Waals surface area contributed by atoms with Gasteiger partial charge in [0.15, 0.2) is 6.29 Å². The fraction of sp³-hybridized carbons (Fsp3) is 0.838. The first-order valence-corrected chi connectivity index (χ1v) is 36.1. The second-order valence-corrected chi connectivity index (χ2v) is 24.9. The van der Waals surface area contributed by atoms with Gasteiger partial charge in [0.25, 0.3) is 0 Å². The molecule has 6 N–H and O–H groups in total. The van der Waals surface area contributed by atoms with Gasteiger partial charge >= 0.3 is 5.97 Å². The number of hydrogen-bond acceptors (Lipinski definition) is 10. The lowest BCUT2D eigenvalue weighted by Crippen LogP contribution is -2.60. The van der Waals surface area contributed by atoms with Crippen molar-refractivity contribution in [2.45, 2.75) is 378 Å². The van der Waals surface area contributed by atoms with Gasteiger partial charge in [0, 0.05) is 12.8 Å². The smallest absolute Gasteiger partial charge is 0.305 e. The van der Waals surface area contributed by atoms with E-state index in [2.05, 4.69) is 67.8 Å². The Morgan fingerprint density at radius 3 is 1.27 bits per heavy atom. The molecule has 496 valence electrons. The minimum atomic E-state index is -1.58. The number of carbonyl (C=O) groups excluding carboxylic acids is 2. The van der Waals surface area contributed by atoms with Gasteiger partial charge in [-0.05, 0) is 83.5 Å². The van der Waals surface area contributed by atoms with Crippen molar-refractivity contribution < 1.29 is 49.3 Å². The van der Waals surface area contributed by atoms with E-state index in [4.69, 9.17) is 14.2 Å². The fourth-order valence-corrected chi connectivity index (χ4v) is 11.1. The summed E-state index contributed by atoms with van der Waals surface area (Å²) < 4.78 is 16.7. The van der Waals surface area contributed by atoms with Crippen LogP contribution in [0.1, 0.15) is 335 Å². The molecule has 0 saturated carbocycles.